The highest BCUT2D eigenvalue weighted by molar-refractivity contribution is 5.84. The molecule has 2 N–H and O–H groups in total. The molecule has 0 aliphatic heterocycles. The van der Waals surface area contributed by atoms with E-state index in [1.54, 1.807) is 0 Å². The first kappa shape index (κ1) is 15.5. The number of H-pyrrole nitrogens is 1. The Bertz CT molecular complexity index is 605. The summed E-state index contributed by atoms with van der Waals surface area (Å²) in [5.74, 6) is 1.48. The molecule has 1 unspecified atom stereocenters. The Balaban J connectivity index is 1.75. The van der Waals surface area contributed by atoms with E-state index < -0.39 is 0 Å². The Morgan fingerprint density at radius 3 is 2.59 bits per heavy atom. The van der Waals surface area contributed by atoms with Crippen LogP contribution in [0.1, 0.15) is 70.9 Å². The van der Waals surface area contributed by atoms with E-state index >= 15 is 0 Å². The Morgan fingerprint density at radius 1 is 1.09 bits per heavy atom. The van der Waals surface area contributed by atoms with Crippen LogP contribution in [-0.4, -0.2) is 11.0 Å². The van der Waals surface area contributed by atoms with Crippen molar-refractivity contribution >= 4 is 16.6 Å². The molecule has 1 aromatic carbocycles. The largest absolute Gasteiger partial charge is 0.383 e. The third kappa shape index (κ3) is 3.66. The maximum Gasteiger partial charge on any atom is 0.0457 e. The first-order valence-corrected chi connectivity index (χ1v) is 9.01. The maximum absolute atomic E-state index is 3.65. The van der Waals surface area contributed by atoms with E-state index in [9.17, 15) is 0 Å². The van der Waals surface area contributed by atoms with Gasteiger partial charge >= 0.3 is 0 Å². The highest BCUT2D eigenvalue weighted by Crippen LogP contribution is 2.34. The molecule has 0 saturated heterocycles. The van der Waals surface area contributed by atoms with Gasteiger partial charge < -0.3 is 10.3 Å². The van der Waals surface area contributed by atoms with Crippen molar-refractivity contribution in [3.63, 3.8) is 0 Å². The highest BCUT2D eigenvalue weighted by Gasteiger charge is 2.17. The van der Waals surface area contributed by atoms with Gasteiger partial charge in [-0.3, -0.25) is 0 Å². The molecule has 1 heterocycles. The Morgan fingerprint density at radius 2 is 1.86 bits per heavy atom. The first-order valence-electron chi connectivity index (χ1n) is 9.01. The number of aromatic amines is 1. The van der Waals surface area contributed by atoms with Crippen LogP contribution in [0.5, 0.6) is 0 Å². The van der Waals surface area contributed by atoms with Gasteiger partial charge in [0.1, 0.15) is 0 Å². The van der Waals surface area contributed by atoms with Gasteiger partial charge in [-0.05, 0) is 62.3 Å². The van der Waals surface area contributed by atoms with E-state index in [2.05, 4.69) is 55.3 Å². The van der Waals surface area contributed by atoms with Crippen LogP contribution >= 0.6 is 0 Å². The molecule has 0 bridgehead atoms. The number of rotatable bonds is 5. The summed E-state index contributed by atoms with van der Waals surface area (Å²) in [5.41, 5.74) is 3.97. The molecule has 2 heteroatoms. The average molecular weight is 298 g/mol. The molecule has 1 fully saturated rings. The van der Waals surface area contributed by atoms with Crippen LogP contribution in [0.3, 0.4) is 0 Å². The fraction of sp³-hybridized carbons (Fsp3) is 0.600. The quantitative estimate of drug-likeness (QED) is 0.689. The second-order valence-electron chi connectivity index (χ2n) is 7.54. The molecule has 1 saturated carbocycles. The lowest BCUT2D eigenvalue weighted by atomic mass is 9.87. The van der Waals surface area contributed by atoms with Crippen molar-refractivity contribution < 1.29 is 0 Å². The standard InChI is InChI=1S/C20H30N2/c1-14(2)11-15(3)21-18-9-10-19-17(12-18)13-20(22-19)16-7-5-4-6-8-16/h9-10,12-16,21-22H,4-8,11H2,1-3H3. The van der Waals surface area contributed by atoms with Crippen LogP contribution in [0.2, 0.25) is 0 Å². The molecule has 0 spiro atoms. The molecule has 1 aromatic heterocycles. The summed E-state index contributed by atoms with van der Waals surface area (Å²) in [6.45, 7) is 6.84. The summed E-state index contributed by atoms with van der Waals surface area (Å²) in [6.07, 6.45) is 8.10. The van der Waals surface area contributed by atoms with Gasteiger partial charge in [0.05, 0.1) is 0 Å². The minimum absolute atomic E-state index is 0.522. The topological polar surface area (TPSA) is 27.8 Å². The van der Waals surface area contributed by atoms with Crippen LogP contribution in [0.4, 0.5) is 5.69 Å². The Hall–Kier alpha value is -1.44. The van der Waals surface area contributed by atoms with E-state index in [1.807, 2.05) is 0 Å². The monoisotopic (exact) mass is 298 g/mol. The molecule has 22 heavy (non-hydrogen) atoms. The lowest BCUT2D eigenvalue weighted by Gasteiger charge is -2.20. The van der Waals surface area contributed by atoms with Crippen LogP contribution in [0.25, 0.3) is 10.9 Å². The molecule has 3 rings (SSSR count). The van der Waals surface area contributed by atoms with E-state index in [-0.39, 0.29) is 0 Å². The molecule has 0 radical (unpaired) electrons. The van der Waals surface area contributed by atoms with Crippen molar-refractivity contribution in [3.05, 3.63) is 30.0 Å². The molecule has 0 amide bonds. The van der Waals surface area contributed by atoms with E-state index in [0.29, 0.717) is 6.04 Å². The molecule has 120 valence electrons. The molecule has 2 nitrogen and oxygen atoms in total. The SMILES string of the molecule is CC(C)CC(C)Nc1ccc2[nH]c(C3CCCCC3)cc2c1. The molecule has 1 aliphatic carbocycles. The van der Waals surface area contributed by atoms with Crippen LogP contribution < -0.4 is 5.32 Å². The van der Waals surface area contributed by atoms with Gasteiger partial charge in [-0.25, -0.2) is 0 Å². The summed E-state index contributed by atoms with van der Waals surface area (Å²) in [4.78, 5) is 3.65. The number of fused-ring (bicyclic) bond motifs is 1. The zero-order valence-corrected chi connectivity index (χ0v) is 14.3. The van der Waals surface area contributed by atoms with Crippen molar-refractivity contribution in [2.24, 2.45) is 5.92 Å². The molecule has 1 aliphatic rings. The number of hydrogen-bond donors (Lipinski definition) is 2. The number of hydrogen-bond acceptors (Lipinski definition) is 1. The highest BCUT2D eigenvalue weighted by atomic mass is 14.9. The number of aromatic nitrogens is 1. The predicted molar refractivity (Wildman–Crippen MR) is 96.7 cm³/mol. The average Bonchev–Trinajstić information content (AvgIpc) is 2.90. The molecular weight excluding hydrogens is 268 g/mol. The lowest BCUT2D eigenvalue weighted by molar-refractivity contribution is 0.438. The van der Waals surface area contributed by atoms with Gasteiger partial charge in [-0.2, -0.15) is 0 Å². The van der Waals surface area contributed by atoms with Gasteiger partial charge in [0.2, 0.25) is 0 Å². The smallest absolute Gasteiger partial charge is 0.0457 e. The second kappa shape index (κ2) is 6.76. The van der Waals surface area contributed by atoms with E-state index in [4.69, 9.17) is 0 Å². The van der Waals surface area contributed by atoms with Crippen molar-refractivity contribution in [2.45, 2.75) is 71.3 Å². The van der Waals surface area contributed by atoms with Crippen LogP contribution in [-0.2, 0) is 0 Å². The fourth-order valence-electron chi connectivity index (χ4n) is 3.93. The van der Waals surface area contributed by atoms with Crippen molar-refractivity contribution in [1.82, 2.24) is 4.98 Å². The number of anilines is 1. The first-order chi connectivity index (χ1) is 10.6. The van der Waals surface area contributed by atoms with Gasteiger partial charge in [-0.1, -0.05) is 33.1 Å². The minimum Gasteiger partial charge on any atom is -0.383 e. The molecular formula is C20H30N2. The summed E-state index contributed by atoms with van der Waals surface area (Å²) in [7, 11) is 0. The van der Waals surface area contributed by atoms with Crippen LogP contribution in [0.15, 0.2) is 24.3 Å². The predicted octanol–water partition coefficient (Wildman–Crippen LogP) is 6.06. The Labute approximate surface area is 134 Å². The van der Waals surface area contributed by atoms with Crippen LogP contribution in [0, 0.1) is 5.92 Å². The lowest BCUT2D eigenvalue weighted by Crippen LogP contribution is -2.17. The molecule has 2 aromatic rings. The summed E-state index contributed by atoms with van der Waals surface area (Å²) < 4.78 is 0. The van der Waals surface area contributed by atoms with E-state index in [1.165, 1.54) is 60.8 Å². The summed E-state index contributed by atoms with van der Waals surface area (Å²) >= 11 is 0. The summed E-state index contributed by atoms with van der Waals surface area (Å²) in [5, 5.41) is 4.99. The van der Waals surface area contributed by atoms with Gasteiger partial charge in [0, 0.05) is 28.3 Å². The third-order valence-corrected chi connectivity index (χ3v) is 4.92. The van der Waals surface area contributed by atoms with Gasteiger partial charge in [0.15, 0.2) is 0 Å². The second-order valence-corrected chi connectivity index (χ2v) is 7.54. The number of nitrogens with one attached hydrogen (secondary N) is 2. The summed E-state index contributed by atoms with van der Waals surface area (Å²) in [6, 6.07) is 9.64. The van der Waals surface area contributed by atoms with Crippen molar-refractivity contribution in [1.29, 1.82) is 0 Å². The maximum atomic E-state index is 3.65. The van der Waals surface area contributed by atoms with Gasteiger partial charge in [0.25, 0.3) is 0 Å². The third-order valence-electron chi connectivity index (χ3n) is 4.92. The fourth-order valence-corrected chi connectivity index (χ4v) is 3.93. The Kier molecular flexibility index (Phi) is 4.75. The minimum atomic E-state index is 0.522. The van der Waals surface area contributed by atoms with E-state index in [0.717, 1.165) is 11.8 Å². The van der Waals surface area contributed by atoms with Crippen molar-refractivity contribution in [3.8, 4) is 0 Å². The van der Waals surface area contributed by atoms with Crippen molar-refractivity contribution in [2.75, 3.05) is 5.32 Å². The zero-order chi connectivity index (χ0) is 15.5. The number of benzene rings is 1. The normalized spacial score (nSPS) is 18.0. The molecule has 1 atom stereocenters. The zero-order valence-electron chi connectivity index (χ0n) is 14.3. The van der Waals surface area contributed by atoms with Gasteiger partial charge in [-0.15, -0.1) is 0 Å².